The highest BCUT2D eigenvalue weighted by molar-refractivity contribution is 9.10. The maximum absolute atomic E-state index is 13.0. The fourth-order valence-corrected chi connectivity index (χ4v) is 3.03. The number of nitrogens with one attached hydrogen (secondary N) is 1. The lowest BCUT2D eigenvalue weighted by Gasteiger charge is -2.33. The van der Waals surface area contributed by atoms with Gasteiger partial charge in [-0.15, -0.1) is 0 Å². The first-order valence-corrected chi connectivity index (χ1v) is 8.61. The Balaban J connectivity index is 2.02. The largest absolute Gasteiger partial charge is 0.362 e. The zero-order chi connectivity index (χ0) is 17.3. The van der Waals surface area contributed by atoms with Crippen molar-refractivity contribution in [3.05, 3.63) is 81.5 Å². The van der Waals surface area contributed by atoms with E-state index in [9.17, 15) is 9.90 Å². The van der Waals surface area contributed by atoms with Crippen LogP contribution in [0, 0.1) is 6.92 Å². The maximum atomic E-state index is 13.0. The molecule has 0 spiro atoms. The number of allylic oxidation sites excluding steroid dienone is 1. The summed E-state index contributed by atoms with van der Waals surface area (Å²) in [6.45, 7) is 3.91. The van der Waals surface area contributed by atoms with Gasteiger partial charge in [0.1, 0.15) is 0 Å². The Kier molecular flexibility index (Phi) is 4.47. The van der Waals surface area contributed by atoms with Gasteiger partial charge in [0.25, 0.3) is 5.91 Å². The van der Waals surface area contributed by atoms with Crippen LogP contribution in [0.4, 0.5) is 0 Å². The van der Waals surface area contributed by atoms with Gasteiger partial charge in [0.05, 0.1) is 0 Å². The Morgan fingerprint density at radius 2 is 1.96 bits per heavy atom. The minimum atomic E-state index is -1.52. The molecule has 0 fully saturated rings. The van der Waals surface area contributed by atoms with Crippen molar-refractivity contribution in [3.63, 3.8) is 0 Å². The third kappa shape index (κ3) is 2.97. The van der Waals surface area contributed by atoms with E-state index in [0.29, 0.717) is 17.5 Å². The molecule has 0 saturated heterocycles. The Hall–Kier alpha value is -2.11. The van der Waals surface area contributed by atoms with E-state index in [1.54, 1.807) is 24.3 Å². The lowest BCUT2D eigenvalue weighted by Crippen LogP contribution is -2.50. The van der Waals surface area contributed by atoms with E-state index in [1.807, 2.05) is 44.2 Å². The molecule has 4 nitrogen and oxygen atoms in total. The first-order valence-electron chi connectivity index (χ1n) is 7.82. The summed E-state index contributed by atoms with van der Waals surface area (Å²) in [5, 5.41) is 12.6. The molecule has 2 N–H and O–H groups in total. The average molecular weight is 387 g/mol. The van der Waals surface area contributed by atoms with Crippen LogP contribution in [-0.2, 0) is 5.72 Å². The summed E-state index contributed by atoms with van der Waals surface area (Å²) in [6, 6.07) is 14.6. The third-order valence-corrected chi connectivity index (χ3v) is 4.62. The highest BCUT2D eigenvalue weighted by atomic mass is 79.9. The SMILES string of the molecule is CCC1=C[C@@](O)(c2ccc(Br)cc2)N(C(=O)c2cccc(C)c2)N1. The van der Waals surface area contributed by atoms with E-state index < -0.39 is 5.72 Å². The predicted molar refractivity (Wildman–Crippen MR) is 96.9 cm³/mol. The first kappa shape index (κ1) is 16.7. The molecule has 124 valence electrons. The summed E-state index contributed by atoms with van der Waals surface area (Å²) in [5.41, 5.74) is 4.49. The predicted octanol–water partition coefficient (Wildman–Crippen LogP) is 3.86. The van der Waals surface area contributed by atoms with Crippen LogP contribution >= 0.6 is 15.9 Å². The van der Waals surface area contributed by atoms with Crippen molar-refractivity contribution in [2.24, 2.45) is 0 Å². The smallest absolute Gasteiger partial charge is 0.275 e. The molecule has 0 aromatic heterocycles. The molecule has 0 radical (unpaired) electrons. The van der Waals surface area contributed by atoms with E-state index in [2.05, 4.69) is 21.4 Å². The van der Waals surface area contributed by atoms with Gasteiger partial charge in [-0.2, -0.15) is 0 Å². The molecule has 1 amide bonds. The number of carbonyl (C=O) groups excluding carboxylic acids is 1. The molecule has 1 aliphatic rings. The second-order valence-corrected chi connectivity index (χ2v) is 6.79. The molecule has 24 heavy (non-hydrogen) atoms. The molecule has 0 unspecified atom stereocenters. The standard InChI is InChI=1S/C19H19BrN2O2/c1-3-17-12-19(24,15-7-9-16(20)10-8-15)22(21-17)18(23)14-6-4-5-13(2)11-14/h4-12,21,24H,3H2,1-2H3/t19-/m1/s1. The minimum absolute atomic E-state index is 0.274. The summed E-state index contributed by atoms with van der Waals surface area (Å²) in [4.78, 5) is 13.0. The first-order chi connectivity index (χ1) is 11.4. The highest BCUT2D eigenvalue weighted by Gasteiger charge is 2.43. The number of amides is 1. The number of carbonyl (C=O) groups is 1. The van der Waals surface area contributed by atoms with E-state index in [0.717, 1.165) is 15.7 Å². The third-order valence-electron chi connectivity index (χ3n) is 4.09. The highest BCUT2D eigenvalue weighted by Crippen LogP contribution is 2.34. The number of hydrogen-bond acceptors (Lipinski definition) is 3. The molecule has 0 bridgehead atoms. The Morgan fingerprint density at radius 1 is 1.25 bits per heavy atom. The number of nitrogens with zero attached hydrogens (tertiary/aromatic N) is 1. The summed E-state index contributed by atoms with van der Waals surface area (Å²) in [5.74, 6) is -0.274. The molecule has 5 heteroatoms. The van der Waals surface area contributed by atoms with Crippen molar-refractivity contribution < 1.29 is 9.90 Å². The number of halogens is 1. The Labute approximate surface area is 149 Å². The summed E-state index contributed by atoms with van der Waals surface area (Å²) < 4.78 is 0.914. The van der Waals surface area contributed by atoms with Gasteiger partial charge in [-0.3, -0.25) is 10.2 Å². The van der Waals surface area contributed by atoms with E-state index in [4.69, 9.17) is 0 Å². The lowest BCUT2D eigenvalue weighted by molar-refractivity contribution is -0.0604. The molecule has 2 aromatic carbocycles. The van der Waals surface area contributed by atoms with Crippen molar-refractivity contribution in [1.29, 1.82) is 0 Å². The summed E-state index contributed by atoms with van der Waals surface area (Å²) in [6.07, 6.45) is 2.39. The second kappa shape index (κ2) is 6.42. The van der Waals surface area contributed by atoms with Crippen LogP contribution in [0.5, 0.6) is 0 Å². The van der Waals surface area contributed by atoms with E-state index in [-0.39, 0.29) is 5.91 Å². The van der Waals surface area contributed by atoms with Crippen LogP contribution in [-0.4, -0.2) is 16.0 Å². The van der Waals surface area contributed by atoms with Crippen LogP contribution in [0.3, 0.4) is 0 Å². The topological polar surface area (TPSA) is 52.6 Å². The monoisotopic (exact) mass is 386 g/mol. The fourth-order valence-electron chi connectivity index (χ4n) is 2.77. The van der Waals surface area contributed by atoms with Crippen molar-refractivity contribution in [3.8, 4) is 0 Å². The van der Waals surface area contributed by atoms with Gasteiger partial charge in [0, 0.05) is 21.3 Å². The van der Waals surface area contributed by atoms with Crippen molar-refractivity contribution in [2.45, 2.75) is 26.0 Å². The molecular weight excluding hydrogens is 368 g/mol. The second-order valence-electron chi connectivity index (χ2n) is 5.88. The van der Waals surface area contributed by atoms with E-state index >= 15 is 0 Å². The normalized spacial score (nSPS) is 19.8. The summed E-state index contributed by atoms with van der Waals surface area (Å²) >= 11 is 3.39. The number of hydrogen-bond donors (Lipinski definition) is 2. The Bertz CT molecular complexity index is 801. The van der Waals surface area contributed by atoms with Crippen LogP contribution in [0.25, 0.3) is 0 Å². The lowest BCUT2D eigenvalue weighted by atomic mass is 10.0. The Morgan fingerprint density at radius 3 is 2.58 bits per heavy atom. The van der Waals surface area contributed by atoms with Crippen LogP contribution < -0.4 is 5.43 Å². The molecule has 0 saturated carbocycles. The van der Waals surface area contributed by atoms with Gasteiger partial charge in [0.15, 0.2) is 0 Å². The van der Waals surface area contributed by atoms with Gasteiger partial charge >= 0.3 is 0 Å². The number of hydrazine groups is 1. The maximum Gasteiger partial charge on any atom is 0.275 e. The van der Waals surface area contributed by atoms with Gasteiger partial charge in [-0.1, -0.05) is 52.7 Å². The van der Waals surface area contributed by atoms with Crippen molar-refractivity contribution in [2.75, 3.05) is 0 Å². The summed E-state index contributed by atoms with van der Waals surface area (Å²) in [7, 11) is 0. The number of benzene rings is 2. The number of aryl methyl sites for hydroxylation is 1. The molecule has 1 heterocycles. The van der Waals surface area contributed by atoms with Crippen molar-refractivity contribution >= 4 is 21.8 Å². The fraction of sp³-hybridized carbons (Fsp3) is 0.211. The molecule has 0 aliphatic carbocycles. The molecule has 1 aliphatic heterocycles. The van der Waals surface area contributed by atoms with Gasteiger partial charge in [0.2, 0.25) is 5.72 Å². The number of aliphatic hydroxyl groups is 1. The van der Waals surface area contributed by atoms with Crippen LogP contribution in [0.1, 0.15) is 34.8 Å². The molecule has 1 atom stereocenters. The van der Waals surface area contributed by atoms with Crippen molar-refractivity contribution in [1.82, 2.24) is 10.4 Å². The van der Waals surface area contributed by atoms with Crippen LogP contribution in [0.2, 0.25) is 0 Å². The zero-order valence-electron chi connectivity index (χ0n) is 13.6. The number of rotatable bonds is 3. The van der Waals surface area contributed by atoms with Gasteiger partial charge in [-0.25, -0.2) is 5.01 Å². The van der Waals surface area contributed by atoms with Gasteiger partial charge < -0.3 is 5.11 Å². The van der Waals surface area contributed by atoms with E-state index in [1.165, 1.54) is 5.01 Å². The zero-order valence-corrected chi connectivity index (χ0v) is 15.2. The quantitative estimate of drug-likeness (QED) is 0.841. The van der Waals surface area contributed by atoms with Gasteiger partial charge in [-0.05, 0) is 43.7 Å². The average Bonchev–Trinajstić information content (AvgIpc) is 2.93. The molecule has 3 rings (SSSR count). The molecule has 2 aromatic rings. The van der Waals surface area contributed by atoms with Crippen LogP contribution in [0.15, 0.2) is 64.8 Å². The minimum Gasteiger partial charge on any atom is -0.362 e. The molecular formula is C19H19BrN2O2.